The van der Waals surface area contributed by atoms with Crippen LogP contribution in [0.3, 0.4) is 0 Å². The van der Waals surface area contributed by atoms with E-state index in [1.165, 1.54) is 32.1 Å². The molecule has 0 aromatic rings. The van der Waals surface area contributed by atoms with Gasteiger partial charge in [-0.05, 0) is 18.4 Å². The molecule has 0 amide bonds. The van der Waals surface area contributed by atoms with Gasteiger partial charge in [-0.15, -0.1) is 0 Å². The first-order valence-electron chi connectivity index (χ1n) is 6.29. The van der Waals surface area contributed by atoms with Crippen LogP contribution in [0, 0.1) is 0 Å². The molecule has 0 saturated carbocycles. The number of carbonyl (C=O) groups is 1. The second-order valence-corrected chi connectivity index (χ2v) is 4.01. The molecule has 1 N–H and O–H groups in total. The van der Waals surface area contributed by atoms with E-state index >= 15 is 0 Å². The molecule has 0 rings (SSSR count). The summed E-state index contributed by atoms with van der Waals surface area (Å²) in [6.07, 6.45) is 10.1. The van der Waals surface area contributed by atoms with Gasteiger partial charge >= 0.3 is 57.4 Å². The number of carboxylic acid groups (broad SMARTS) is 1. The summed E-state index contributed by atoms with van der Waals surface area (Å²) >= 11 is 0. The largest absolute Gasteiger partial charge is 1.00 e. The molecule has 0 aliphatic rings. The molecule has 0 aromatic carbocycles. The van der Waals surface area contributed by atoms with Gasteiger partial charge in [0.1, 0.15) is 0 Å². The smallest absolute Gasteiger partial charge is 0.859 e. The minimum atomic E-state index is -1.12. The molecule has 0 bridgehead atoms. The Morgan fingerprint density at radius 3 is 2.22 bits per heavy atom. The number of hydrogen-bond donors (Lipinski definition) is 1. The Kier molecular flexibility index (Phi) is 17.6. The van der Waals surface area contributed by atoms with Gasteiger partial charge in [0.25, 0.3) is 0 Å². The van der Waals surface area contributed by atoms with E-state index < -0.39 is 11.9 Å². The first-order valence-corrected chi connectivity index (χ1v) is 6.29. The molecule has 0 aliphatic carbocycles. The summed E-state index contributed by atoms with van der Waals surface area (Å²) in [6, 6.07) is 0. The van der Waals surface area contributed by atoms with Gasteiger partial charge in [-0.2, -0.15) is 0 Å². The molecule has 5 heteroatoms. The third-order valence-electron chi connectivity index (χ3n) is 2.40. The van der Waals surface area contributed by atoms with Crippen LogP contribution >= 0.6 is 0 Å². The fourth-order valence-corrected chi connectivity index (χ4v) is 1.45. The summed E-state index contributed by atoms with van der Waals surface area (Å²) in [7, 11) is 0. The van der Waals surface area contributed by atoms with Crippen molar-refractivity contribution in [2.45, 2.75) is 51.9 Å². The quantitative estimate of drug-likeness (QED) is 0.186. The van der Waals surface area contributed by atoms with Crippen molar-refractivity contribution in [2.75, 3.05) is 6.54 Å². The third kappa shape index (κ3) is 16.3. The second-order valence-electron chi connectivity index (χ2n) is 4.01. The summed E-state index contributed by atoms with van der Waals surface area (Å²) in [5.74, 6) is -1.58. The fourth-order valence-electron chi connectivity index (χ4n) is 1.45. The van der Waals surface area contributed by atoms with E-state index in [9.17, 15) is 9.90 Å². The van der Waals surface area contributed by atoms with Gasteiger partial charge in [-0.25, -0.2) is 4.79 Å². The van der Waals surface area contributed by atoms with E-state index in [1.807, 2.05) is 0 Å². The number of nitrogens with zero attached hydrogens (tertiary/aromatic N) is 1. The van der Waals surface area contributed by atoms with Gasteiger partial charge in [0.2, 0.25) is 0 Å². The summed E-state index contributed by atoms with van der Waals surface area (Å²) in [5, 5.41) is 19.3. The van der Waals surface area contributed by atoms with Crippen LogP contribution < -0.4 is 56.5 Å². The zero-order chi connectivity index (χ0) is 12.9. The van der Waals surface area contributed by atoms with Gasteiger partial charge in [-0.1, -0.05) is 45.4 Å². The van der Waals surface area contributed by atoms with Crippen LogP contribution in [0.4, 0.5) is 0 Å². The normalized spacial score (nSPS) is 11.5. The Balaban J connectivity index is 0. The Morgan fingerprint density at radius 2 is 1.67 bits per heavy atom. The minimum absolute atomic E-state index is 0. The van der Waals surface area contributed by atoms with E-state index in [2.05, 4.69) is 11.9 Å². The van der Waals surface area contributed by atoms with E-state index in [0.717, 1.165) is 25.0 Å². The number of carboxylic acids is 1. The Hall–Kier alpha value is 0.316. The number of aliphatic carboxylic acids is 1. The maximum Gasteiger partial charge on any atom is 1.00 e. The van der Waals surface area contributed by atoms with Gasteiger partial charge in [-0.3, -0.25) is 0 Å². The number of unbranched alkanes of at least 4 members (excludes halogenated alkanes) is 6. The van der Waals surface area contributed by atoms with Crippen LogP contribution in [-0.2, 0) is 4.79 Å². The van der Waals surface area contributed by atoms with Crippen molar-refractivity contribution in [1.82, 2.24) is 0 Å². The first kappa shape index (κ1) is 20.6. The van der Waals surface area contributed by atoms with Crippen molar-refractivity contribution in [2.24, 2.45) is 4.99 Å². The van der Waals surface area contributed by atoms with Gasteiger partial charge < -0.3 is 15.2 Å². The summed E-state index contributed by atoms with van der Waals surface area (Å²) in [5.41, 5.74) is 0. The van der Waals surface area contributed by atoms with Crippen molar-refractivity contribution in [1.29, 1.82) is 0 Å². The van der Waals surface area contributed by atoms with Gasteiger partial charge in [0.05, 0.1) is 0 Å². The average Bonchev–Trinajstić information content (AvgIpc) is 2.30. The predicted molar refractivity (Wildman–Crippen MR) is 67.1 cm³/mol. The summed E-state index contributed by atoms with van der Waals surface area (Å²) in [4.78, 5) is 13.9. The third-order valence-corrected chi connectivity index (χ3v) is 2.40. The minimum Gasteiger partial charge on any atom is -0.859 e. The van der Waals surface area contributed by atoms with Crippen molar-refractivity contribution in [3.63, 3.8) is 0 Å². The molecule has 4 nitrogen and oxygen atoms in total. The van der Waals surface area contributed by atoms with E-state index in [1.54, 1.807) is 0 Å². The van der Waals surface area contributed by atoms with Crippen LogP contribution in [-0.4, -0.2) is 23.5 Å². The number of aliphatic imine (C=N–C) groups is 1. The van der Waals surface area contributed by atoms with Crippen LogP contribution in [0.25, 0.3) is 0 Å². The standard InChI is InChI=1S/C13H23NO3.K/c1-2-3-4-5-6-7-8-11-14-12(15)9-10-13(16)17;/h9-10H,2-8,11H2,1H3,(H,14,15)(H,16,17);/q;+1/p-1/b10-9+;. The molecule has 0 saturated heterocycles. The topological polar surface area (TPSA) is 72.7 Å². The van der Waals surface area contributed by atoms with E-state index in [0.29, 0.717) is 6.54 Å². The molecular weight excluding hydrogens is 257 g/mol. The number of rotatable bonds is 10. The monoisotopic (exact) mass is 279 g/mol. The summed E-state index contributed by atoms with van der Waals surface area (Å²) in [6.45, 7) is 2.69. The van der Waals surface area contributed by atoms with Crippen LogP contribution in [0.1, 0.15) is 51.9 Å². The van der Waals surface area contributed by atoms with Crippen molar-refractivity contribution in [3.05, 3.63) is 12.2 Å². The Labute approximate surface area is 152 Å². The molecule has 0 spiro atoms. The maximum atomic E-state index is 11.0. The second kappa shape index (κ2) is 15.4. The zero-order valence-corrected chi connectivity index (χ0v) is 14.6. The van der Waals surface area contributed by atoms with Gasteiger partial charge in [0.15, 0.2) is 0 Å². The molecule has 0 atom stereocenters. The molecule has 18 heavy (non-hydrogen) atoms. The molecule has 98 valence electrons. The number of hydrogen-bond acceptors (Lipinski definition) is 3. The maximum absolute atomic E-state index is 11.0. The fraction of sp³-hybridized carbons (Fsp3) is 0.692. The van der Waals surface area contributed by atoms with Crippen molar-refractivity contribution in [3.8, 4) is 0 Å². The van der Waals surface area contributed by atoms with Crippen LogP contribution in [0.2, 0.25) is 0 Å². The Morgan fingerprint density at radius 1 is 1.11 bits per heavy atom. The molecule has 0 radical (unpaired) electrons. The van der Waals surface area contributed by atoms with Gasteiger partial charge in [0, 0.05) is 12.6 Å². The van der Waals surface area contributed by atoms with Crippen LogP contribution in [0.5, 0.6) is 0 Å². The Bertz CT molecular complexity index is 265. The van der Waals surface area contributed by atoms with Crippen LogP contribution in [0.15, 0.2) is 17.1 Å². The SMILES string of the molecule is CCCCCCCCCN=C([O-])/C=C/C(=O)O.[K+]. The molecule has 0 unspecified atom stereocenters. The molecular formula is C13H22KNO3. The van der Waals surface area contributed by atoms with E-state index in [4.69, 9.17) is 5.11 Å². The van der Waals surface area contributed by atoms with Crippen molar-refractivity contribution < 1.29 is 66.4 Å². The first-order chi connectivity index (χ1) is 8.16. The summed E-state index contributed by atoms with van der Waals surface area (Å²) < 4.78 is 0. The molecule has 0 aliphatic heterocycles. The zero-order valence-electron chi connectivity index (χ0n) is 11.5. The molecule has 0 aromatic heterocycles. The van der Waals surface area contributed by atoms with Crippen molar-refractivity contribution >= 4 is 11.9 Å². The van der Waals surface area contributed by atoms with E-state index in [-0.39, 0.29) is 51.4 Å². The molecule has 0 heterocycles. The average molecular weight is 279 g/mol. The predicted octanol–water partition coefficient (Wildman–Crippen LogP) is -0.859. The molecule has 0 fully saturated rings.